The van der Waals surface area contributed by atoms with Crippen LogP contribution in [0.4, 0.5) is 0 Å². The maximum atomic E-state index is 13.4. The van der Waals surface area contributed by atoms with E-state index in [0.717, 1.165) is 58.4 Å². The molecule has 31 heavy (non-hydrogen) atoms. The molecule has 0 spiro atoms. The monoisotopic (exact) mass is 453 g/mol. The van der Waals surface area contributed by atoms with E-state index in [1.165, 1.54) is 0 Å². The molecule has 3 aromatic heterocycles. The molecule has 0 aliphatic carbocycles. The number of aromatic nitrogens is 4. The molecule has 0 unspecified atom stereocenters. The molecule has 4 aromatic rings. The van der Waals surface area contributed by atoms with E-state index in [9.17, 15) is 4.79 Å². The number of thiazole rings is 1. The molecule has 1 aromatic carbocycles. The van der Waals surface area contributed by atoms with Gasteiger partial charge in [-0.1, -0.05) is 11.6 Å². The van der Waals surface area contributed by atoms with Gasteiger partial charge in [0.2, 0.25) is 0 Å². The summed E-state index contributed by atoms with van der Waals surface area (Å²) in [5.74, 6) is 1.25. The van der Waals surface area contributed by atoms with Gasteiger partial charge in [0.15, 0.2) is 0 Å². The molecular weight excluding hydrogens is 430 g/mol. The number of halogens is 1. The number of rotatable bonds is 3. The predicted octanol–water partition coefficient (Wildman–Crippen LogP) is 5.11. The van der Waals surface area contributed by atoms with Gasteiger partial charge in [-0.2, -0.15) is 5.10 Å². The zero-order chi connectivity index (χ0) is 21.7. The minimum Gasteiger partial charge on any atom is -0.338 e. The Bertz CT molecular complexity index is 1260. The van der Waals surface area contributed by atoms with Gasteiger partial charge in [-0.25, -0.2) is 4.98 Å². The molecule has 1 aliphatic heterocycles. The molecule has 0 N–H and O–H groups in total. The maximum Gasteiger partial charge on any atom is 0.259 e. The van der Waals surface area contributed by atoms with Crippen molar-refractivity contribution in [1.29, 1.82) is 0 Å². The normalized spacial score (nSPS) is 15.2. The molecule has 160 valence electrons. The van der Waals surface area contributed by atoms with Gasteiger partial charge in [0, 0.05) is 42.5 Å². The summed E-state index contributed by atoms with van der Waals surface area (Å²) < 4.78 is 5.04. The second-order valence-electron chi connectivity index (χ2n) is 8.19. The molecule has 1 fully saturated rings. The Morgan fingerprint density at radius 2 is 1.84 bits per heavy atom. The fraction of sp³-hybridized carbons (Fsp3) is 0.348. The fourth-order valence-corrected chi connectivity index (χ4v) is 5.73. The number of carbonyl (C=O) groups is 1. The standard InChI is InChI=1S/C23H24ClN5OS/c1-14-4-5-15(2)29(14)22-18(13-25-27(22)3)23(30)28-10-8-16(9-11-28)21-26-19-12-17(24)6-7-20(19)31-21/h4-7,12-13,16H,8-11H2,1-3H3. The molecule has 8 heteroatoms. The van der Waals surface area contributed by atoms with E-state index in [4.69, 9.17) is 16.6 Å². The summed E-state index contributed by atoms with van der Waals surface area (Å²) in [5.41, 5.74) is 3.79. The molecule has 1 amide bonds. The van der Waals surface area contributed by atoms with Crippen molar-refractivity contribution in [2.24, 2.45) is 7.05 Å². The first-order chi connectivity index (χ1) is 14.9. The maximum absolute atomic E-state index is 13.4. The average Bonchev–Trinajstić information content (AvgIpc) is 3.44. The molecule has 1 aliphatic rings. The van der Waals surface area contributed by atoms with Crippen LogP contribution < -0.4 is 0 Å². The van der Waals surface area contributed by atoms with Gasteiger partial charge in [0.05, 0.1) is 21.4 Å². The Hall–Kier alpha value is -2.64. The van der Waals surface area contributed by atoms with Crippen molar-refractivity contribution in [2.45, 2.75) is 32.6 Å². The minimum absolute atomic E-state index is 0.0464. The molecular formula is C23H24ClN5OS. The lowest BCUT2D eigenvalue weighted by molar-refractivity contribution is 0.0713. The molecule has 0 radical (unpaired) electrons. The van der Waals surface area contributed by atoms with E-state index in [2.05, 4.69) is 21.8 Å². The zero-order valence-electron chi connectivity index (χ0n) is 17.8. The molecule has 0 bridgehead atoms. The Balaban J connectivity index is 1.35. The van der Waals surface area contributed by atoms with E-state index in [1.807, 2.05) is 44.0 Å². The highest BCUT2D eigenvalue weighted by Crippen LogP contribution is 2.35. The number of hydrogen-bond donors (Lipinski definition) is 0. The van der Waals surface area contributed by atoms with Crippen LogP contribution in [0.1, 0.15) is 45.5 Å². The van der Waals surface area contributed by atoms with Gasteiger partial charge in [0.25, 0.3) is 5.91 Å². The molecule has 6 nitrogen and oxygen atoms in total. The summed E-state index contributed by atoms with van der Waals surface area (Å²) in [6.07, 6.45) is 3.52. The summed E-state index contributed by atoms with van der Waals surface area (Å²) in [6, 6.07) is 9.99. The Labute approximate surface area is 190 Å². The molecule has 1 saturated heterocycles. The minimum atomic E-state index is 0.0464. The van der Waals surface area contributed by atoms with Crippen LogP contribution in [-0.4, -0.2) is 43.2 Å². The largest absolute Gasteiger partial charge is 0.338 e. The smallest absolute Gasteiger partial charge is 0.259 e. The van der Waals surface area contributed by atoms with Crippen molar-refractivity contribution >= 4 is 39.1 Å². The van der Waals surface area contributed by atoms with Gasteiger partial charge in [0.1, 0.15) is 11.4 Å². The Morgan fingerprint density at radius 3 is 2.55 bits per heavy atom. The van der Waals surface area contributed by atoms with E-state index < -0.39 is 0 Å². The topological polar surface area (TPSA) is 56.0 Å². The van der Waals surface area contributed by atoms with Crippen molar-refractivity contribution in [3.05, 3.63) is 63.5 Å². The molecule has 4 heterocycles. The summed E-state index contributed by atoms with van der Waals surface area (Å²) in [6.45, 7) is 5.53. The number of fused-ring (bicyclic) bond motifs is 1. The van der Waals surface area contributed by atoms with E-state index in [1.54, 1.807) is 22.2 Å². The summed E-state index contributed by atoms with van der Waals surface area (Å²) in [7, 11) is 1.89. The second kappa shape index (κ2) is 7.80. The second-order valence-corrected chi connectivity index (χ2v) is 9.69. The number of benzene rings is 1. The Morgan fingerprint density at radius 1 is 1.13 bits per heavy atom. The van der Waals surface area contributed by atoms with Gasteiger partial charge in [-0.05, 0) is 57.0 Å². The highest BCUT2D eigenvalue weighted by Gasteiger charge is 2.29. The lowest BCUT2D eigenvalue weighted by Gasteiger charge is -2.31. The van der Waals surface area contributed by atoms with Crippen LogP contribution in [0, 0.1) is 13.8 Å². The number of hydrogen-bond acceptors (Lipinski definition) is 4. The lowest BCUT2D eigenvalue weighted by Crippen LogP contribution is -2.38. The first-order valence-electron chi connectivity index (χ1n) is 10.4. The quantitative estimate of drug-likeness (QED) is 0.433. The fourth-order valence-electron chi connectivity index (χ4n) is 4.44. The average molecular weight is 454 g/mol. The third-order valence-corrected chi connectivity index (χ3v) is 7.55. The van der Waals surface area contributed by atoms with Crippen molar-refractivity contribution in [1.82, 2.24) is 24.2 Å². The van der Waals surface area contributed by atoms with Crippen LogP contribution in [0.15, 0.2) is 36.5 Å². The molecule has 5 rings (SSSR count). The summed E-state index contributed by atoms with van der Waals surface area (Å²) in [4.78, 5) is 20.2. The first-order valence-corrected chi connectivity index (χ1v) is 11.6. The molecule has 0 atom stereocenters. The third-order valence-electron chi connectivity index (χ3n) is 6.12. The SMILES string of the molecule is Cc1ccc(C)n1-c1c(C(=O)N2CCC(c3nc4cc(Cl)ccc4s3)CC2)cnn1C. The van der Waals surface area contributed by atoms with Crippen LogP contribution in [0.5, 0.6) is 0 Å². The number of aryl methyl sites for hydroxylation is 3. The highest BCUT2D eigenvalue weighted by atomic mass is 35.5. The predicted molar refractivity (Wildman–Crippen MR) is 125 cm³/mol. The van der Waals surface area contributed by atoms with Gasteiger partial charge in [-0.15, -0.1) is 11.3 Å². The number of likely N-dealkylation sites (tertiary alicyclic amines) is 1. The van der Waals surface area contributed by atoms with Crippen LogP contribution in [0.2, 0.25) is 5.02 Å². The van der Waals surface area contributed by atoms with E-state index in [-0.39, 0.29) is 5.91 Å². The molecule has 0 saturated carbocycles. The zero-order valence-corrected chi connectivity index (χ0v) is 19.4. The highest BCUT2D eigenvalue weighted by molar-refractivity contribution is 7.18. The van der Waals surface area contributed by atoms with Crippen molar-refractivity contribution < 1.29 is 4.79 Å². The van der Waals surface area contributed by atoms with Gasteiger partial charge < -0.3 is 9.47 Å². The van der Waals surface area contributed by atoms with Crippen LogP contribution in [0.3, 0.4) is 0 Å². The van der Waals surface area contributed by atoms with E-state index >= 15 is 0 Å². The van der Waals surface area contributed by atoms with Gasteiger partial charge >= 0.3 is 0 Å². The van der Waals surface area contributed by atoms with Crippen molar-refractivity contribution in [3.63, 3.8) is 0 Å². The first kappa shape index (κ1) is 20.3. The van der Waals surface area contributed by atoms with Gasteiger partial charge in [-0.3, -0.25) is 9.48 Å². The number of nitrogens with zero attached hydrogens (tertiary/aromatic N) is 5. The van der Waals surface area contributed by atoms with E-state index in [0.29, 0.717) is 16.5 Å². The van der Waals surface area contributed by atoms with Crippen molar-refractivity contribution in [2.75, 3.05) is 13.1 Å². The summed E-state index contributed by atoms with van der Waals surface area (Å²) >= 11 is 7.84. The van der Waals surface area contributed by atoms with Crippen LogP contribution in [-0.2, 0) is 7.05 Å². The van der Waals surface area contributed by atoms with Crippen LogP contribution >= 0.6 is 22.9 Å². The Kier molecular flexibility index (Phi) is 5.10. The number of piperidine rings is 1. The third kappa shape index (κ3) is 3.55. The summed E-state index contributed by atoms with van der Waals surface area (Å²) in [5, 5.41) is 6.25. The van der Waals surface area contributed by atoms with Crippen LogP contribution in [0.25, 0.3) is 16.0 Å². The number of amides is 1. The van der Waals surface area contributed by atoms with Crippen molar-refractivity contribution in [3.8, 4) is 5.82 Å². The number of carbonyl (C=O) groups excluding carboxylic acids is 1. The lowest BCUT2D eigenvalue weighted by atomic mass is 9.97.